The van der Waals surface area contributed by atoms with Crippen LogP contribution >= 0.6 is 0 Å². The molecule has 3 heteroatoms. The SMILES string of the molecule is c1ccc(Oc2ccc(N(c3ccccc3)c3ccc(N(c4ccccc4)c4ccccc4)cc3)cc2)cc1. The Labute approximate surface area is 229 Å². The van der Waals surface area contributed by atoms with E-state index in [0.29, 0.717) is 0 Å². The van der Waals surface area contributed by atoms with Gasteiger partial charge in [-0.25, -0.2) is 0 Å². The number of rotatable bonds is 8. The third-order valence-corrected chi connectivity index (χ3v) is 6.48. The molecule has 188 valence electrons. The maximum Gasteiger partial charge on any atom is 0.127 e. The zero-order chi connectivity index (χ0) is 26.3. The lowest BCUT2D eigenvalue weighted by atomic mass is 10.1. The lowest BCUT2D eigenvalue weighted by Gasteiger charge is -2.28. The van der Waals surface area contributed by atoms with Crippen LogP contribution in [-0.2, 0) is 0 Å². The number of hydrogen-bond donors (Lipinski definition) is 0. The van der Waals surface area contributed by atoms with Gasteiger partial charge < -0.3 is 14.5 Å². The van der Waals surface area contributed by atoms with Gasteiger partial charge in [0.15, 0.2) is 0 Å². The van der Waals surface area contributed by atoms with E-state index in [4.69, 9.17) is 4.74 Å². The average Bonchev–Trinajstić information content (AvgIpc) is 3.01. The molecular weight excluding hydrogens is 476 g/mol. The highest BCUT2D eigenvalue weighted by atomic mass is 16.5. The van der Waals surface area contributed by atoms with Gasteiger partial charge in [-0.1, -0.05) is 72.8 Å². The number of hydrogen-bond acceptors (Lipinski definition) is 3. The molecule has 0 saturated heterocycles. The lowest BCUT2D eigenvalue weighted by molar-refractivity contribution is 0.483. The Hall–Kier alpha value is -5.28. The van der Waals surface area contributed by atoms with Crippen LogP contribution in [0, 0.1) is 0 Å². The first kappa shape index (κ1) is 24.1. The Morgan fingerprint density at radius 1 is 0.256 bits per heavy atom. The van der Waals surface area contributed by atoms with E-state index in [1.54, 1.807) is 0 Å². The molecule has 3 nitrogen and oxygen atoms in total. The molecular formula is C36H28N2O. The lowest BCUT2D eigenvalue weighted by Crippen LogP contribution is -2.12. The van der Waals surface area contributed by atoms with Gasteiger partial charge in [0.05, 0.1) is 0 Å². The van der Waals surface area contributed by atoms with Gasteiger partial charge in [-0.3, -0.25) is 0 Å². The molecule has 0 aliphatic carbocycles. The molecule has 0 aliphatic rings. The Balaban J connectivity index is 1.34. The average molecular weight is 505 g/mol. The number of para-hydroxylation sites is 4. The van der Waals surface area contributed by atoms with Gasteiger partial charge in [0, 0.05) is 34.1 Å². The molecule has 0 atom stereocenters. The largest absolute Gasteiger partial charge is 0.457 e. The van der Waals surface area contributed by atoms with Gasteiger partial charge in [-0.15, -0.1) is 0 Å². The summed E-state index contributed by atoms with van der Waals surface area (Å²) in [6.07, 6.45) is 0. The van der Waals surface area contributed by atoms with E-state index in [0.717, 1.165) is 45.6 Å². The van der Waals surface area contributed by atoms with Gasteiger partial charge in [0.25, 0.3) is 0 Å². The first-order valence-electron chi connectivity index (χ1n) is 13.0. The van der Waals surface area contributed by atoms with Crippen molar-refractivity contribution in [2.75, 3.05) is 9.80 Å². The van der Waals surface area contributed by atoms with Crippen molar-refractivity contribution in [3.05, 3.63) is 170 Å². The highest BCUT2D eigenvalue weighted by molar-refractivity contribution is 5.81. The quantitative estimate of drug-likeness (QED) is 0.205. The van der Waals surface area contributed by atoms with E-state index < -0.39 is 0 Å². The molecule has 0 aliphatic heterocycles. The molecule has 0 aromatic heterocycles. The van der Waals surface area contributed by atoms with Crippen LogP contribution in [0.1, 0.15) is 0 Å². The van der Waals surface area contributed by atoms with Crippen LogP contribution in [0.15, 0.2) is 170 Å². The van der Waals surface area contributed by atoms with Crippen LogP contribution in [0.2, 0.25) is 0 Å². The molecule has 6 aromatic carbocycles. The second kappa shape index (κ2) is 11.4. The molecule has 0 unspecified atom stereocenters. The van der Waals surface area contributed by atoms with Gasteiger partial charge in [-0.2, -0.15) is 0 Å². The van der Waals surface area contributed by atoms with Crippen molar-refractivity contribution >= 4 is 34.1 Å². The molecule has 0 fully saturated rings. The predicted molar refractivity (Wildman–Crippen MR) is 162 cm³/mol. The minimum Gasteiger partial charge on any atom is -0.457 e. The molecule has 6 aromatic rings. The van der Waals surface area contributed by atoms with E-state index in [9.17, 15) is 0 Å². The fourth-order valence-corrected chi connectivity index (χ4v) is 4.66. The highest BCUT2D eigenvalue weighted by Gasteiger charge is 2.15. The second-order valence-electron chi connectivity index (χ2n) is 9.10. The minimum absolute atomic E-state index is 0.801. The third-order valence-electron chi connectivity index (χ3n) is 6.48. The zero-order valence-electron chi connectivity index (χ0n) is 21.5. The van der Waals surface area contributed by atoms with Crippen LogP contribution < -0.4 is 14.5 Å². The summed E-state index contributed by atoms with van der Waals surface area (Å²) in [5.74, 6) is 1.62. The fourth-order valence-electron chi connectivity index (χ4n) is 4.66. The zero-order valence-corrected chi connectivity index (χ0v) is 21.5. The summed E-state index contributed by atoms with van der Waals surface area (Å²) < 4.78 is 6.03. The molecule has 39 heavy (non-hydrogen) atoms. The highest BCUT2D eigenvalue weighted by Crippen LogP contribution is 2.39. The first-order chi connectivity index (χ1) is 19.3. The van der Waals surface area contributed by atoms with E-state index in [1.807, 2.05) is 60.7 Å². The molecule has 0 bridgehead atoms. The van der Waals surface area contributed by atoms with Crippen molar-refractivity contribution < 1.29 is 4.74 Å². The Bertz CT molecular complexity index is 1550. The Morgan fingerprint density at radius 2 is 0.513 bits per heavy atom. The fraction of sp³-hybridized carbons (Fsp3) is 0. The standard InChI is InChI=1S/C36H28N2O/c1-5-13-29(14-6-1)37(30-15-7-2-8-16-30)32-21-23-33(24-22-32)38(31-17-9-3-10-18-31)34-25-27-36(28-26-34)39-35-19-11-4-12-20-35/h1-28H. The molecule has 0 heterocycles. The Morgan fingerprint density at radius 3 is 0.872 bits per heavy atom. The number of anilines is 6. The molecule has 0 N–H and O–H groups in total. The number of ether oxygens (including phenoxy) is 1. The second-order valence-corrected chi connectivity index (χ2v) is 9.10. The van der Waals surface area contributed by atoms with Gasteiger partial charge >= 0.3 is 0 Å². The van der Waals surface area contributed by atoms with Crippen molar-refractivity contribution in [2.24, 2.45) is 0 Å². The monoisotopic (exact) mass is 504 g/mol. The van der Waals surface area contributed by atoms with Gasteiger partial charge in [-0.05, 0) is 97.1 Å². The first-order valence-corrected chi connectivity index (χ1v) is 13.0. The minimum atomic E-state index is 0.801. The van der Waals surface area contributed by atoms with Crippen molar-refractivity contribution in [3.63, 3.8) is 0 Å². The van der Waals surface area contributed by atoms with Crippen LogP contribution in [0.4, 0.5) is 34.1 Å². The maximum absolute atomic E-state index is 6.03. The molecule has 0 amide bonds. The molecule has 0 saturated carbocycles. The third kappa shape index (κ3) is 5.53. The molecule has 0 radical (unpaired) electrons. The van der Waals surface area contributed by atoms with E-state index in [1.165, 1.54) is 0 Å². The summed E-state index contributed by atoms with van der Waals surface area (Å²) in [6.45, 7) is 0. The summed E-state index contributed by atoms with van der Waals surface area (Å²) in [5.41, 5.74) is 6.54. The summed E-state index contributed by atoms with van der Waals surface area (Å²) in [7, 11) is 0. The van der Waals surface area contributed by atoms with E-state index in [-0.39, 0.29) is 0 Å². The molecule has 0 spiro atoms. The van der Waals surface area contributed by atoms with Crippen molar-refractivity contribution in [2.45, 2.75) is 0 Å². The normalized spacial score (nSPS) is 10.6. The summed E-state index contributed by atoms with van der Waals surface area (Å²) in [5, 5.41) is 0. The van der Waals surface area contributed by atoms with E-state index in [2.05, 4.69) is 119 Å². The van der Waals surface area contributed by atoms with Crippen LogP contribution in [0.25, 0.3) is 0 Å². The van der Waals surface area contributed by atoms with Crippen molar-refractivity contribution in [3.8, 4) is 11.5 Å². The van der Waals surface area contributed by atoms with Crippen molar-refractivity contribution in [1.82, 2.24) is 0 Å². The van der Waals surface area contributed by atoms with Crippen LogP contribution in [-0.4, -0.2) is 0 Å². The van der Waals surface area contributed by atoms with Crippen LogP contribution in [0.5, 0.6) is 11.5 Å². The van der Waals surface area contributed by atoms with E-state index >= 15 is 0 Å². The van der Waals surface area contributed by atoms with Crippen molar-refractivity contribution in [1.29, 1.82) is 0 Å². The summed E-state index contributed by atoms with van der Waals surface area (Å²) in [4.78, 5) is 4.53. The maximum atomic E-state index is 6.03. The topological polar surface area (TPSA) is 15.7 Å². The molecule has 6 rings (SSSR count). The van der Waals surface area contributed by atoms with Gasteiger partial charge in [0.2, 0.25) is 0 Å². The smallest absolute Gasteiger partial charge is 0.127 e. The Kier molecular flexibility index (Phi) is 7.04. The predicted octanol–water partition coefficient (Wildman–Crippen LogP) is 10.4. The number of nitrogens with zero attached hydrogens (tertiary/aromatic N) is 2. The summed E-state index contributed by atoms with van der Waals surface area (Å²) >= 11 is 0. The van der Waals surface area contributed by atoms with Gasteiger partial charge in [0.1, 0.15) is 11.5 Å². The van der Waals surface area contributed by atoms with Crippen LogP contribution in [0.3, 0.4) is 0 Å². The summed E-state index contributed by atoms with van der Waals surface area (Å²) in [6, 6.07) is 58.1. The number of benzene rings is 6.